The molecule has 1 aliphatic heterocycles. The number of hydrogen-bond donors (Lipinski definition) is 0. The highest BCUT2D eigenvalue weighted by molar-refractivity contribution is 6.41. The molecular weight excluding hydrogens is 337 g/mol. The van der Waals surface area contributed by atoms with Gasteiger partial charge in [0.05, 0.1) is 11.4 Å². The Kier molecular flexibility index (Phi) is 3.77. The predicted molar refractivity (Wildman–Crippen MR) is 75.7 cm³/mol. The van der Waals surface area contributed by atoms with Crippen LogP contribution in [0.25, 0.3) is 0 Å². The van der Waals surface area contributed by atoms with Crippen molar-refractivity contribution in [3.63, 3.8) is 0 Å². The summed E-state index contributed by atoms with van der Waals surface area (Å²) in [6, 6.07) is 4.35. The average Bonchev–Trinajstić information content (AvgIpc) is 2.26. The number of alkyl halides is 4. The Morgan fingerprint density at radius 1 is 1.15 bits per heavy atom. The molecule has 3 nitrogen and oxygen atoms in total. The van der Waals surface area contributed by atoms with Crippen LogP contribution < -0.4 is 9.43 Å². The molecule has 2 rings (SSSR count). The van der Waals surface area contributed by atoms with Gasteiger partial charge in [0.25, 0.3) is 0 Å². The van der Waals surface area contributed by atoms with E-state index in [4.69, 9.17) is 35.0 Å². The second-order valence-corrected chi connectivity index (χ2v) is 6.26. The van der Waals surface area contributed by atoms with Crippen LogP contribution in [0.2, 0.25) is 5.02 Å². The lowest BCUT2D eigenvalue weighted by Crippen LogP contribution is -2.46. The molecule has 0 unspecified atom stereocenters. The van der Waals surface area contributed by atoms with Crippen LogP contribution >= 0.6 is 35.0 Å². The van der Waals surface area contributed by atoms with Crippen LogP contribution in [0.5, 0.6) is 0 Å². The van der Waals surface area contributed by atoms with Crippen molar-refractivity contribution in [3.05, 3.63) is 23.2 Å². The van der Waals surface area contributed by atoms with Gasteiger partial charge in [0, 0.05) is 16.8 Å². The lowest BCUT2D eigenvalue weighted by molar-refractivity contribution is -0.0599. The van der Waals surface area contributed by atoms with Crippen molar-refractivity contribution in [2.45, 2.75) is 25.0 Å². The first kappa shape index (κ1) is 15.5. The number of fused-ring (bicyclic) bond motifs is 1. The number of nitrogens with zero attached hydrogens (tertiary/aromatic N) is 3. The Morgan fingerprint density at radius 3 is 2.25 bits per heavy atom. The normalized spacial score (nSPS) is 16.1. The van der Waals surface area contributed by atoms with Gasteiger partial charge < -0.3 is 0 Å². The average molecular weight is 347 g/mol. The summed E-state index contributed by atoms with van der Waals surface area (Å²) in [5.41, 5.74) is 0.396. The van der Waals surface area contributed by atoms with Crippen LogP contribution in [0.1, 0.15) is 13.8 Å². The topological polar surface area (TPSA) is 18.8 Å². The van der Waals surface area contributed by atoms with Gasteiger partial charge in [0.1, 0.15) is 5.00 Å². The van der Waals surface area contributed by atoms with Crippen LogP contribution in [0, 0.1) is 0 Å². The van der Waals surface area contributed by atoms with Crippen LogP contribution in [0.4, 0.5) is 24.5 Å². The standard InChI is InChI=1S/C11H9Cl3F3N3/c1-10(2,13)20-7-4-3-6(12)5-8(7)19(14)9(18-20)11(15,16)17/h3-5H,1-2H3. The van der Waals surface area contributed by atoms with Crippen molar-refractivity contribution in [2.75, 3.05) is 9.43 Å². The van der Waals surface area contributed by atoms with Gasteiger partial charge in [-0.05, 0) is 32.0 Å². The summed E-state index contributed by atoms with van der Waals surface area (Å²) in [5, 5.41) is 4.83. The zero-order chi connectivity index (χ0) is 15.3. The SMILES string of the molecule is CC(C)(Cl)N1N=C(C(F)(F)F)N(Cl)c2cc(Cl)ccc21. The molecule has 1 aromatic carbocycles. The minimum absolute atomic E-state index is 0.0650. The maximum Gasteiger partial charge on any atom is 0.452 e. The van der Waals surface area contributed by atoms with Crippen LogP contribution in [0.15, 0.2) is 23.3 Å². The van der Waals surface area contributed by atoms with Crippen LogP contribution in [0.3, 0.4) is 0 Å². The summed E-state index contributed by atoms with van der Waals surface area (Å²) in [5.74, 6) is -1.28. The molecule has 9 heteroatoms. The van der Waals surface area contributed by atoms with Gasteiger partial charge in [-0.1, -0.05) is 23.2 Å². The van der Waals surface area contributed by atoms with Crippen molar-refractivity contribution >= 4 is 52.2 Å². The molecule has 0 saturated heterocycles. The molecule has 0 N–H and O–H groups in total. The smallest absolute Gasteiger partial charge is 0.241 e. The van der Waals surface area contributed by atoms with E-state index >= 15 is 0 Å². The molecule has 1 heterocycles. The van der Waals surface area contributed by atoms with E-state index in [9.17, 15) is 13.2 Å². The first-order valence-electron chi connectivity index (χ1n) is 5.42. The van der Waals surface area contributed by atoms with Gasteiger partial charge in [-0.3, -0.25) is 0 Å². The number of hydrogen-bond acceptors (Lipinski definition) is 3. The number of rotatable bonds is 1. The molecule has 0 amide bonds. The number of amidine groups is 1. The maximum atomic E-state index is 13.0. The maximum absolute atomic E-state index is 13.0. The molecule has 0 aromatic heterocycles. The first-order chi connectivity index (χ1) is 9.01. The van der Waals surface area contributed by atoms with Gasteiger partial charge in [-0.15, -0.1) is 5.10 Å². The van der Waals surface area contributed by atoms with Gasteiger partial charge >= 0.3 is 6.18 Å². The van der Waals surface area contributed by atoms with E-state index < -0.39 is 17.0 Å². The van der Waals surface area contributed by atoms with E-state index in [1.165, 1.54) is 32.0 Å². The summed E-state index contributed by atoms with van der Waals surface area (Å²) in [7, 11) is 0. The second-order valence-electron chi connectivity index (χ2n) is 4.56. The Balaban J connectivity index is 2.66. The van der Waals surface area contributed by atoms with E-state index in [1.807, 2.05) is 0 Å². The summed E-state index contributed by atoms with van der Waals surface area (Å²) in [6.45, 7) is 3.04. The summed E-state index contributed by atoms with van der Waals surface area (Å²) < 4.78 is 39.4. The highest BCUT2D eigenvalue weighted by Crippen LogP contribution is 2.43. The number of hydrazone groups is 1. The molecule has 0 fully saturated rings. The van der Waals surface area contributed by atoms with E-state index in [-0.39, 0.29) is 10.7 Å². The first-order valence-corrected chi connectivity index (χ1v) is 6.51. The molecule has 0 atom stereocenters. The fraction of sp³-hybridized carbons (Fsp3) is 0.364. The molecule has 110 valence electrons. The zero-order valence-electron chi connectivity index (χ0n) is 10.3. The molecule has 0 bridgehead atoms. The highest BCUT2D eigenvalue weighted by Gasteiger charge is 2.46. The number of halogens is 6. The molecule has 20 heavy (non-hydrogen) atoms. The summed E-state index contributed by atoms with van der Waals surface area (Å²) in [4.78, 5) is -1.17. The zero-order valence-corrected chi connectivity index (χ0v) is 12.6. The Labute approximate surface area is 128 Å². The van der Waals surface area contributed by atoms with Crippen LogP contribution in [-0.2, 0) is 0 Å². The van der Waals surface area contributed by atoms with Crippen LogP contribution in [-0.4, -0.2) is 17.0 Å². The van der Waals surface area contributed by atoms with Gasteiger partial charge in [-0.25, -0.2) is 9.43 Å². The van der Waals surface area contributed by atoms with E-state index in [0.29, 0.717) is 10.1 Å². The minimum Gasteiger partial charge on any atom is -0.241 e. The van der Waals surface area contributed by atoms with Gasteiger partial charge in [-0.2, -0.15) is 13.2 Å². The third kappa shape index (κ3) is 2.77. The monoisotopic (exact) mass is 345 g/mol. The van der Waals surface area contributed by atoms with Crippen molar-refractivity contribution in [2.24, 2.45) is 5.10 Å². The lowest BCUT2D eigenvalue weighted by atomic mass is 10.2. The fourth-order valence-corrected chi connectivity index (χ4v) is 2.27. The number of anilines is 2. The van der Waals surface area contributed by atoms with Crippen molar-refractivity contribution < 1.29 is 13.2 Å². The van der Waals surface area contributed by atoms with E-state index in [1.54, 1.807) is 0 Å². The fourth-order valence-electron chi connectivity index (χ4n) is 1.71. The minimum atomic E-state index is -4.72. The second kappa shape index (κ2) is 4.86. The Morgan fingerprint density at radius 2 is 1.75 bits per heavy atom. The molecule has 1 aromatic rings. The van der Waals surface area contributed by atoms with Gasteiger partial charge in [0.15, 0.2) is 0 Å². The lowest BCUT2D eigenvalue weighted by Gasteiger charge is -2.38. The molecule has 0 spiro atoms. The van der Waals surface area contributed by atoms with Crippen molar-refractivity contribution in [1.82, 2.24) is 0 Å². The molecule has 1 aliphatic rings. The summed E-state index contributed by atoms with van der Waals surface area (Å²) >= 11 is 17.6. The highest BCUT2D eigenvalue weighted by atomic mass is 35.5. The quantitative estimate of drug-likeness (QED) is 0.406. The largest absolute Gasteiger partial charge is 0.452 e. The van der Waals surface area contributed by atoms with Crippen molar-refractivity contribution in [3.8, 4) is 0 Å². The summed E-state index contributed by atoms with van der Waals surface area (Å²) in [6.07, 6.45) is -4.72. The Hall–Kier alpha value is -0.850. The predicted octanol–water partition coefficient (Wildman–Crippen LogP) is 4.97. The third-order valence-electron chi connectivity index (χ3n) is 2.52. The van der Waals surface area contributed by atoms with Crippen molar-refractivity contribution in [1.29, 1.82) is 0 Å². The molecule has 0 aliphatic carbocycles. The number of benzene rings is 1. The Bertz CT molecular complexity index is 566. The molecular formula is C11H9Cl3F3N3. The third-order valence-corrected chi connectivity index (χ3v) is 3.25. The molecule has 0 saturated carbocycles. The van der Waals surface area contributed by atoms with E-state index in [2.05, 4.69) is 5.10 Å². The van der Waals surface area contributed by atoms with E-state index in [0.717, 1.165) is 5.01 Å². The van der Waals surface area contributed by atoms with Gasteiger partial charge in [0.2, 0.25) is 5.84 Å². The molecule has 0 radical (unpaired) electrons.